The summed E-state index contributed by atoms with van der Waals surface area (Å²) in [6.07, 6.45) is -4.87. The van der Waals surface area contributed by atoms with Gasteiger partial charge in [-0.2, -0.15) is 13.2 Å². The van der Waals surface area contributed by atoms with E-state index in [0.717, 1.165) is 4.90 Å². The zero-order valence-electron chi connectivity index (χ0n) is 10.8. The van der Waals surface area contributed by atoms with Crippen molar-refractivity contribution in [2.75, 3.05) is 31.1 Å². The monoisotopic (exact) mass is 303 g/mol. The third kappa shape index (κ3) is 3.41. The maximum Gasteiger partial charge on any atom is 0.471 e. The second kappa shape index (κ2) is 5.58. The van der Waals surface area contributed by atoms with Crippen molar-refractivity contribution in [3.63, 3.8) is 0 Å². The highest BCUT2D eigenvalue weighted by Gasteiger charge is 2.43. The standard InChI is InChI=1S/C12H12F3N3O3/c13-12(14,15)11(19)17-6-4-16(5-7-17)9-2-1-3-10(8-9)18(20)21/h1-3,8H,4-7H2. The molecule has 6 nitrogen and oxygen atoms in total. The number of hydrogen-bond donors (Lipinski definition) is 0. The summed E-state index contributed by atoms with van der Waals surface area (Å²) in [7, 11) is 0. The van der Waals surface area contributed by atoms with Gasteiger partial charge in [-0.1, -0.05) is 6.07 Å². The molecule has 0 bridgehead atoms. The molecule has 1 saturated heterocycles. The summed E-state index contributed by atoms with van der Waals surface area (Å²) >= 11 is 0. The fourth-order valence-electron chi connectivity index (χ4n) is 2.15. The van der Waals surface area contributed by atoms with Crippen molar-refractivity contribution < 1.29 is 22.9 Å². The molecule has 0 aliphatic carbocycles. The first-order chi connectivity index (χ1) is 9.79. The Morgan fingerprint density at radius 1 is 1.19 bits per heavy atom. The molecule has 0 saturated carbocycles. The first kappa shape index (κ1) is 15.1. The van der Waals surface area contributed by atoms with Crippen molar-refractivity contribution in [2.45, 2.75) is 6.18 Å². The van der Waals surface area contributed by atoms with Gasteiger partial charge in [0.05, 0.1) is 4.92 Å². The van der Waals surface area contributed by atoms with Crippen LogP contribution in [0.3, 0.4) is 0 Å². The summed E-state index contributed by atoms with van der Waals surface area (Å²) in [6, 6.07) is 5.86. The normalized spacial score (nSPS) is 16.0. The van der Waals surface area contributed by atoms with Gasteiger partial charge in [-0.3, -0.25) is 14.9 Å². The molecule has 1 amide bonds. The Morgan fingerprint density at radius 3 is 2.33 bits per heavy atom. The van der Waals surface area contributed by atoms with Crippen LogP contribution < -0.4 is 4.90 Å². The van der Waals surface area contributed by atoms with Gasteiger partial charge in [-0.05, 0) is 6.07 Å². The highest BCUT2D eigenvalue weighted by molar-refractivity contribution is 5.82. The molecule has 1 heterocycles. The second-order valence-corrected chi connectivity index (χ2v) is 4.55. The number of hydrogen-bond acceptors (Lipinski definition) is 4. The van der Waals surface area contributed by atoms with Crippen LogP contribution in [0.2, 0.25) is 0 Å². The van der Waals surface area contributed by atoms with Crippen LogP contribution in [-0.4, -0.2) is 48.1 Å². The number of rotatable bonds is 2. The van der Waals surface area contributed by atoms with E-state index in [1.165, 1.54) is 18.2 Å². The number of anilines is 1. The fourth-order valence-corrected chi connectivity index (χ4v) is 2.15. The third-order valence-corrected chi connectivity index (χ3v) is 3.22. The minimum Gasteiger partial charge on any atom is -0.368 e. The topological polar surface area (TPSA) is 66.7 Å². The van der Waals surface area contributed by atoms with Crippen LogP contribution in [-0.2, 0) is 4.79 Å². The van der Waals surface area contributed by atoms with Gasteiger partial charge in [-0.15, -0.1) is 0 Å². The van der Waals surface area contributed by atoms with Crippen LogP contribution >= 0.6 is 0 Å². The number of non-ortho nitro benzene ring substituents is 1. The Morgan fingerprint density at radius 2 is 1.81 bits per heavy atom. The van der Waals surface area contributed by atoms with E-state index in [4.69, 9.17) is 0 Å². The Labute approximate surface area is 117 Å². The van der Waals surface area contributed by atoms with Gasteiger partial charge < -0.3 is 9.80 Å². The maximum atomic E-state index is 12.3. The van der Waals surface area contributed by atoms with Crippen LogP contribution in [0, 0.1) is 10.1 Å². The van der Waals surface area contributed by atoms with Crippen LogP contribution in [0.1, 0.15) is 0 Å². The molecule has 21 heavy (non-hydrogen) atoms. The van der Waals surface area contributed by atoms with Crippen molar-refractivity contribution in [1.82, 2.24) is 4.90 Å². The molecule has 0 radical (unpaired) electrons. The Bertz CT molecular complexity index is 554. The number of piperazine rings is 1. The molecule has 1 aliphatic rings. The molecular formula is C12H12F3N3O3. The summed E-state index contributed by atoms with van der Waals surface area (Å²) in [6.45, 7) is 0.258. The van der Waals surface area contributed by atoms with E-state index in [9.17, 15) is 28.1 Å². The lowest BCUT2D eigenvalue weighted by Crippen LogP contribution is -2.52. The minimum atomic E-state index is -4.87. The number of nitrogens with zero attached hydrogens (tertiary/aromatic N) is 3. The van der Waals surface area contributed by atoms with Crippen LogP contribution in [0.4, 0.5) is 24.5 Å². The molecule has 114 valence electrons. The van der Waals surface area contributed by atoms with Crippen LogP contribution in [0.15, 0.2) is 24.3 Å². The Hall–Kier alpha value is -2.32. The van der Waals surface area contributed by atoms with Crippen molar-refractivity contribution in [2.24, 2.45) is 0 Å². The SMILES string of the molecule is O=C(N1CCN(c2cccc([N+](=O)[O-])c2)CC1)C(F)(F)F. The largest absolute Gasteiger partial charge is 0.471 e. The number of benzene rings is 1. The number of halogens is 3. The molecule has 0 unspecified atom stereocenters. The predicted molar refractivity (Wildman–Crippen MR) is 67.9 cm³/mol. The summed E-state index contributed by atoms with van der Waals surface area (Å²) in [5, 5.41) is 10.7. The molecule has 1 aliphatic heterocycles. The van der Waals surface area contributed by atoms with Gasteiger partial charge in [-0.25, -0.2) is 0 Å². The molecule has 0 aromatic heterocycles. The predicted octanol–water partition coefficient (Wildman–Crippen LogP) is 1.81. The molecule has 2 rings (SSSR count). The number of alkyl halides is 3. The summed E-state index contributed by atoms with van der Waals surface area (Å²) < 4.78 is 36.9. The first-order valence-electron chi connectivity index (χ1n) is 6.14. The van der Waals surface area contributed by atoms with Gasteiger partial charge >= 0.3 is 12.1 Å². The molecule has 1 fully saturated rings. The molecule has 1 aromatic rings. The Kier molecular flexibility index (Phi) is 4.01. The van der Waals surface area contributed by atoms with E-state index >= 15 is 0 Å². The van der Waals surface area contributed by atoms with Crippen molar-refractivity contribution >= 4 is 17.3 Å². The Balaban J connectivity index is 2.03. The van der Waals surface area contributed by atoms with Crippen LogP contribution in [0.5, 0.6) is 0 Å². The average Bonchev–Trinajstić information content (AvgIpc) is 2.46. The lowest BCUT2D eigenvalue weighted by atomic mass is 10.2. The van der Waals surface area contributed by atoms with Crippen molar-refractivity contribution in [1.29, 1.82) is 0 Å². The lowest BCUT2D eigenvalue weighted by Gasteiger charge is -2.36. The van der Waals surface area contributed by atoms with Gasteiger partial charge in [0.1, 0.15) is 0 Å². The van der Waals surface area contributed by atoms with Gasteiger partial charge in [0.2, 0.25) is 0 Å². The first-order valence-corrected chi connectivity index (χ1v) is 6.14. The fraction of sp³-hybridized carbons (Fsp3) is 0.417. The summed E-state index contributed by atoms with van der Waals surface area (Å²) in [5.41, 5.74) is 0.476. The van der Waals surface area contributed by atoms with Gasteiger partial charge in [0.25, 0.3) is 5.69 Å². The zero-order valence-corrected chi connectivity index (χ0v) is 10.8. The second-order valence-electron chi connectivity index (χ2n) is 4.55. The average molecular weight is 303 g/mol. The minimum absolute atomic E-state index is 0.0684. The molecule has 1 aromatic carbocycles. The highest BCUT2D eigenvalue weighted by atomic mass is 19.4. The van der Waals surface area contributed by atoms with Gasteiger partial charge in [0, 0.05) is 44.0 Å². The molecule has 9 heteroatoms. The molecule has 0 spiro atoms. The molecule has 0 N–H and O–H groups in total. The van der Waals surface area contributed by atoms with E-state index < -0.39 is 17.0 Å². The van der Waals surface area contributed by atoms with Crippen LogP contribution in [0.25, 0.3) is 0 Å². The van der Waals surface area contributed by atoms with E-state index in [2.05, 4.69) is 0 Å². The lowest BCUT2D eigenvalue weighted by molar-refractivity contribution is -0.384. The van der Waals surface area contributed by atoms with Gasteiger partial charge in [0.15, 0.2) is 0 Å². The molecule has 0 atom stereocenters. The van der Waals surface area contributed by atoms with Crippen molar-refractivity contribution in [3.8, 4) is 0 Å². The highest BCUT2D eigenvalue weighted by Crippen LogP contribution is 2.24. The van der Waals surface area contributed by atoms with E-state index in [0.29, 0.717) is 5.69 Å². The summed E-state index contributed by atoms with van der Waals surface area (Å²) in [4.78, 5) is 23.7. The van der Waals surface area contributed by atoms with Crippen molar-refractivity contribution in [3.05, 3.63) is 34.4 Å². The molecular weight excluding hydrogens is 291 g/mol. The number of carbonyl (C=O) groups excluding carboxylic acids is 1. The van der Waals surface area contributed by atoms with E-state index in [-0.39, 0.29) is 31.9 Å². The number of nitro groups is 1. The quantitative estimate of drug-likeness (QED) is 0.617. The number of carbonyl (C=O) groups is 1. The summed E-state index contributed by atoms with van der Waals surface area (Å²) in [5.74, 6) is -1.85. The maximum absolute atomic E-state index is 12.3. The smallest absolute Gasteiger partial charge is 0.368 e. The third-order valence-electron chi connectivity index (χ3n) is 3.22. The van der Waals surface area contributed by atoms with E-state index in [1.807, 2.05) is 0 Å². The number of nitro benzene ring substituents is 1. The van der Waals surface area contributed by atoms with E-state index in [1.54, 1.807) is 11.0 Å². The number of amides is 1. The zero-order chi connectivity index (χ0) is 15.6.